The van der Waals surface area contributed by atoms with Gasteiger partial charge in [0.15, 0.2) is 11.6 Å². The first-order valence-electron chi connectivity index (χ1n) is 7.39. The number of nitrogens with one attached hydrogen (secondary N) is 1. The van der Waals surface area contributed by atoms with Crippen LogP contribution in [-0.4, -0.2) is 37.5 Å². The van der Waals surface area contributed by atoms with Crippen LogP contribution in [0.5, 0.6) is 0 Å². The highest BCUT2D eigenvalue weighted by molar-refractivity contribution is 7.55. The van der Waals surface area contributed by atoms with E-state index in [2.05, 4.69) is 5.32 Å². The van der Waals surface area contributed by atoms with E-state index in [0.29, 0.717) is 0 Å². The Balaban J connectivity index is 3.16. The van der Waals surface area contributed by atoms with Gasteiger partial charge in [-0.15, -0.1) is 0 Å². The molecule has 0 aliphatic heterocycles. The fourth-order valence-electron chi connectivity index (χ4n) is 1.88. The minimum absolute atomic E-state index is 0.0698. The fourth-order valence-corrected chi connectivity index (χ4v) is 3.67. The summed E-state index contributed by atoms with van der Waals surface area (Å²) >= 11 is 0. The van der Waals surface area contributed by atoms with Crippen molar-refractivity contribution in [1.29, 1.82) is 0 Å². The fraction of sp³-hybridized carbons (Fsp3) is 0.467. The standard InChI is InChI=1S/C15H22NO6P/c1-4-20-15(18)16-14(23(19,21-5-2)22-6-3)13(17)12-10-8-7-9-11-12/h7-11,14H,4-6H2,1-3H3,(H,16,18)/t14-/m1/s1. The summed E-state index contributed by atoms with van der Waals surface area (Å²) in [6.45, 7) is 5.13. The molecule has 0 aliphatic carbocycles. The third-order valence-electron chi connectivity index (χ3n) is 2.77. The third kappa shape index (κ3) is 5.46. The van der Waals surface area contributed by atoms with Crippen LogP contribution in [0.15, 0.2) is 30.3 Å². The lowest BCUT2D eigenvalue weighted by Crippen LogP contribution is -2.42. The van der Waals surface area contributed by atoms with Crippen molar-refractivity contribution in [2.24, 2.45) is 0 Å². The molecular formula is C15H22NO6P. The number of hydrogen-bond acceptors (Lipinski definition) is 6. The summed E-state index contributed by atoms with van der Waals surface area (Å²) in [7, 11) is -3.89. The highest BCUT2D eigenvalue weighted by Crippen LogP contribution is 2.52. The Hall–Kier alpha value is -1.69. The molecule has 128 valence electrons. The van der Waals surface area contributed by atoms with Gasteiger partial charge in [-0.3, -0.25) is 9.36 Å². The van der Waals surface area contributed by atoms with Gasteiger partial charge in [0.05, 0.1) is 19.8 Å². The van der Waals surface area contributed by atoms with E-state index in [-0.39, 0.29) is 25.4 Å². The molecule has 0 heterocycles. The van der Waals surface area contributed by atoms with Crippen LogP contribution in [-0.2, 0) is 18.3 Å². The van der Waals surface area contributed by atoms with Crippen molar-refractivity contribution in [2.75, 3.05) is 19.8 Å². The topological polar surface area (TPSA) is 90.9 Å². The van der Waals surface area contributed by atoms with Gasteiger partial charge in [0.25, 0.3) is 0 Å². The normalized spacial score (nSPS) is 12.5. The SMILES string of the molecule is CCOC(=O)N[C@@H](C(=O)c1ccccc1)P(=O)(OCC)OCC. The summed E-state index contributed by atoms with van der Waals surface area (Å²) in [4.78, 5) is 24.4. The first-order chi connectivity index (χ1) is 11.0. The zero-order chi connectivity index (χ0) is 17.3. The van der Waals surface area contributed by atoms with Gasteiger partial charge in [-0.2, -0.15) is 0 Å². The predicted octanol–water partition coefficient (Wildman–Crippen LogP) is 3.21. The van der Waals surface area contributed by atoms with Crippen molar-refractivity contribution in [2.45, 2.75) is 26.6 Å². The Morgan fingerprint density at radius 3 is 2.09 bits per heavy atom. The number of hydrogen-bond donors (Lipinski definition) is 1. The minimum atomic E-state index is -3.89. The molecule has 0 spiro atoms. The number of ketones is 1. The molecule has 0 bridgehead atoms. The first kappa shape index (κ1) is 19.4. The zero-order valence-corrected chi connectivity index (χ0v) is 14.4. The summed E-state index contributed by atoms with van der Waals surface area (Å²) in [5.41, 5.74) is 0.286. The Bertz CT molecular complexity index is 552. The van der Waals surface area contributed by atoms with Crippen molar-refractivity contribution >= 4 is 19.5 Å². The summed E-state index contributed by atoms with van der Waals surface area (Å²) in [5.74, 6) is -2.03. The highest BCUT2D eigenvalue weighted by atomic mass is 31.2. The van der Waals surface area contributed by atoms with Crippen LogP contribution in [0, 0.1) is 0 Å². The Kier molecular flexibility index (Phi) is 7.95. The maximum Gasteiger partial charge on any atom is 0.408 e. The molecule has 0 saturated heterocycles. The maximum atomic E-state index is 12.9. The van der Waals surface area contributed by atoms with E-state index in [0.717, 1.165) is 0 Å². The second-order valence-corrected chi connectivity index (χ2v) is 6.49. The van der Waals surface area contributed by atoms with E-state index in [1.165, 1.54) is 0 Å². The van der Waals surface area contributed by atoms with Crippen molar-refractivity contribution in [3.05, 3.63) is 35.9 Å². The van der Waals surface area contributed by atoms with Crippen molar-refractivity contribution in [1.82, 2.24) is 5.32 Å². The lowest BCUT2D eigenvalue weighted by Gasteiger charge is -2.25. The Morgan fingerprint density at radius 2 is 1.61 bits per heavy atom. The van der Waals surface area contributed by atoms with Crippen LogP contribution in [0.2, 0.25) is 0 Å². The molecule has 8 heteroatoms. The molecule has 1 atom stereocenters. The van der Waals surface area contributed by atoms with E-state index < -0.39 is 25.3 Å². The summed E-state index contributed by atoms with van der Waals surface area (Å²) < 4.78 is 28.1. The third-order valence-corrected chi connectivity index (χ3v) is 5.00. The average Bonchev–Trinajstić information content (AvgIpc) is 2.53. The molecule has 1 amide bonds. The predicted molar refractivity (Wildman–Crippen MR) is 85.6 cm³/mol. The molecule has 7 nitrogen and oxygen atoms in total. The van der Waals surface area contributed by atoms with Gasteiger partial charge < -0.3 is 19.1 Å². The second-order valence-electron chi connectivity index (χ2n) is 4.37. The lowest BCUT2D eigenvalue weighted by molar-refractivity contribution is 0.0934. The van der Waals surface area contributed by atoms with Crippen molar-refractivity contribution in [3.63, 3.8) is 0 Å². The van der Waals surface area contributed by atoms with Crippen LogP contribution in [0.1, 0.15) is 31.1 Å². The monoisotopic (exact) mass is 343 g/mol. The van der Waals surface area contributed by atoms with E-state index in [1.54, 1.807) is 51.1 Å². The molecule has 1 aromatic rings. The van der Waals surface area contributed by atoms with Gasteiger partial charge in [0.1, 0.15) is 0 Å². The van der Waals surface area contributed by atoms with Gasteiger partial charge >= 0.3 is 13.7 Å². The van der Waals surface area contributed by atoms with Gasteiger partial charge in [0.2, 0.25) is 0 Å². The van der Waals surface area contributed by atoms with Crippen LogP contribution in [0.3, 0.4) is 0 Å². The largest absolute Gasteiger partial charge is 0.450 e. The average molecular weight is 343 g/mol. The summed E-state index contributed by atoms with van der Waals surface area (Å²) in [6.07, 6.45) is -0.860. The molecular weight excluding hydrogens is 321 g/mol. The molecule has 0 fully saturated rings. The molecule has 23 heavy (non-hydrogen) atoms. The molecule has 1 aromatic carbocycles. The molecule has 0 saturated carbocycles. The molecule has 1 N–H and O–H groups in total. The van der Waals surface area contributed by atoms with Gasteiger partial charge in [-0.05, 0) is 20.8 Å². The molecule has 0 radical (unpaired) electrons. The Labute approximate surface area is 135 Å². The highest BCUT2D eigenvalue weighted by Gasteiger charge is 2.42. The number of amides is 1. The van der Waals surface area contributed by atoms with E-state index >= 15 is 0 Å². The molecule has 1 rings (SSSR count). The number of rotatable bonds is 9. The Morgan fingerprint density at radius 1 is 1.04 bits per heavy atom. The van der Waals surface area contributed by atoms with Crippen molar-refractivity contribution in [3.8, 4) is 0 Å². The number of alkyl carbamates (subject to hydrolysis) is 1. The van der Waals surface area contributed by atoms with Crippen LogP contribution in [0.4, 0.5) is 4.79 Å². The van der Waals surface area contributed by atoms with Crippen LogP contribution < -0.4 is 5.32 Å². The minimum Gasteiger partial charge on any atom is -0.450 e. The smallest absolute Gasteiger partial charge is 0.408 e. The quantitative estimate of drug-likeness (QED) is 0.547. The molecule has 0 aromatic heterocycles. The number of carbonyl (C=O) groups excluding carboxylic acids is 2. The van der Waals surface area contributed by atoms with E-state index in [9.17, 15) is 14.2 Å². The second kappa shape index (κ2) is 9.45. The van der Waals surface area contributed by atoms with E-state index in [1.807, 2.05) is 0 Å². The van der Waals surface area contributed by atoms with Gasteiger partial charge in [-0.25, -0.2) is 4.79 Å². The maximum absolute atomic E-state index is 12.9. The van der Waals surface area contributed by atoms with Crippen LogP contribution in [0.25, 0.3) is 0 Å². The van der Waals surface area contributed by atoms with Crippen molar-refractivity contribution < 1.29 is 27.9 Å². The lowest BCUT2D eigenvalue weighted by atomic mass is 10.1. The summed E-state index contributed by atoms with van der Waals surface area (Å²) in [5, 5.41) is 2.30. The van der Waals surface area contributed by atoms with Gasteiger partial charge in [0, 0.05) is 5.56 Å². The number of Topliss-reactive ketones (excluding diaryl/α,β-unsaturated/α-hetero) is 1. The number of benzene rings is 1. The van der Waals surface area contributed by atoms with Gasteiger partial charge in [-0.1, -0.05) is 30.3 Å². The zero-order valence-electron chi connectivity index (χ0n) is 13.5. The first-order valence-corrected chi connectivity index (χ1v) is 9.01. The van der Waals surface area contributed by atoms with E-state index in [4.69, 9.17) is 13.8 Å². The molecule has 0 unspecified atom stereocenters. The summed E-state index contributed by atoms with van der Waals surface area (Å²) in [6, 6.07) is 8.20. The number of carbonyl (C=O) groups is 2. The number of ether oxygens (including phenoxy) is 1. The van der Waals surface area contributed by atoms with Crippen LogP contribution >= 0.6 is 7.60 Å². The molecule has 0 aliphatic rings.